The molecule has 2 aromatic carbocycles. The van der Waals surface area contributed by atoms with Crippen LogP contribution in [0.15, 0.2) is 48.5 Å². The van der Waals surface area contributed by atoms with E-state index in [1.165, 1.54) is 0 Å². The number of nitrogen functional groups attached to an aromatic ring is 1. The van der Waals surface area contributed by atoms with E-state index >= 15 is 0 Å². The van der Waals surface area contributed by atoms with Gasteiger partial charge in [0.25, 0.3) is 5.91 Å². The molecule has 0 aliphatic heterocycles. The molecule has 0 amide bonds. The van der Waals surface area contributed by atoms with Crippen LogP contribution in [0.1, 0.15) is 10.4 Å². The van der Waals surface area contributed by atoms with E-state index in [0.29, 0.717) is 15.6 Å². The molecule has 0 radical (unpaired) electrons. The molecule has 6 nitrogen and oxygen atoms in total. The quantitative estimate of drug-likeness (QED) is 0.755. The lowest BCUT2D eigenvalue weighted by Gasteiger charge is -2.02. The van der Waals surface area contributed by atoms with Crippen molar-refractivity contribution in [1.29, 1.82) is 0 Å². The Bertz CT molecular complexity index is 843. The maximum atomic E-state index is 12.4. The largest absolute Gasteiger partial charge is 0.368 e. The first-order chi connectivity index (χ1) is 11.0. The molecule has 0 fully saturated rings. The molecule has 0 aliphatic carbocycles. The molecule has 3 N–H and O–H groups in total. The number of anilines is 3. The van der Waals surface area contributed by atoms with Crippen molar-refractivity contribution in [2.45, 2.75) is 0 Å². The number of halogens is 2. The Morgan fingerprint density at radius 3 is 2.17 bits per heavy atom. The van der Waals surface area contributed by atoms with E-state index in [2.05, 4.69) is 15.4 Å². The second-order valence-electron chi connectivity index (χ2n) is 4.65. The van der Waals surface area contributed by atoms with E-state index in [1.807, 2.05) is 0 Å². The number of rotatable bonds is 3. The molecular weight excluding hydrogens is 337 g/mol. The van der Waals surface area contributed by atoms with E-state index in [1.54, 1.807) is 48.5 Å². The van der Waals surface area contributed by atoms with Gasteiger partial charge in [0, 0.05) is 21.3 Å². The van der Waals surface area contributed by atoms with Crippen molar-refractivity contribution in [2.24, 2.45) is 0 Å². The van der Waals surface area contributed by atoms with Crippen LogP contribution in [-0.2, 0) is 0 Å². The van der Waals surface area contributed by atoms with E-state index in [9.17, 15) is 4.79 Å². The number of benzene rings is 2. The van der Waals surface area contributed by atoms with Gasteiger partial charge in [0.05, 0.1) is 0 Å². The third-order valence-electron chi connectivity index (χ3n) is 3.02. The Morgan fingerprint density at radius 1 is 1.00 bits per heavy atom. The second kappa shape index (κ2) is 6.28. The van der Waals surface area contributed by atoms with Crippen LogP contribution >= 0.6 is 23.2 Å². The van der Waals surface area contributed by atoms with Gasteiger partial charge in [0.1, 0.15) is 0 Å². The minimum Gasteiger partial charge on any atom is -0.368 e. The highest BCUT2D eigenvalue weighted by Gasteiger charge is 2.16. The molecule has 0 bridgehead atoms. The number of hydrogen-bond acceptors (Lipinski definition) is 5. The van der Waals surface area contributed by atoms with Gasteiger partial charge in [-0.05, 0) is 48.5 Å². The Morgan fingerprint density at radius 2 is 1.57 bits per heavy atom. The van der Waals surface area contributed by atoms with Crippen molar-refractivity contribution in [2.75, 3.05) is 11.1 Å². The molecule has 0 saturated heterocycles. The maximum absolute atomic E-state index is 12.4. The summed E-state index contributed by atoms with van der Waals surface area (Å²) in [6.07, 6.45) is 0. The Kier molecular flexibility index (Phi) is 4.18. The van der Waals surface area contributed by atoms with Crippen molar-refractivity contribution in [3.8, 4) is 0 Å². The van der Waals surface area contributed by atoms with E-state index in [4.69, 9.17) is 28.9 Å². The van der Waals surface area contributed by atoms with Crippen molar-refractivity contribution in [3.05, 3.63) is 64.1 Å². The molecule has 8 heteroatoms. The van der Waals surface area contributed by atoms with Crippen LogP contribution in [0.3, 0.4) is 0 Å². The molecule has 23 heavy (non-hydrogen) atoms. The van der Waals surface area contributed by atoms with Crippen LogP contribution in [0.25, 0.3) is 0 Å². The predicted molar refractivity (Wildman–Crippen MR) is 90.3 cm³/mol. The van der Waals surface area contributed by atoms with E-state index < -0.39 is 5.91 Å². The fourth-order valence-corrected chi connectivity index (χ4v) is 2.16. The maximum Gasteiger partial charge on any atom is 0.281 e. The number of aromatic nitrogens is 3. The van der Waals surface area contributed by atoms with Crippen molar-refractivity contribution in [1.82, 2.24) is 14.8 Å². The van der Waals surface area contributed by atoms with Gasteiger partial charge in [-0.25, -0.2) is 0 Å². The van der Waals surface area contributed by atoms with Gasteiger partial charge in [-0.1, -0.05) is 23.2 Å². The molecule has 1 heterocycles. The summed E-state index contributed by atoms with van der Waals surface area (Å²) in [6.45, 7) is 0. The van der Waals surface area contributed by atoms with Crippen LogP contribution in [-0.4, -0.2) is 20.7 Å². The average Bonchev–Trinajstić information content (AvgIpc) is 2.90. The molecule has 0 spiro atoms. The van der Waals surface area contributed by atoms with Crippen LogP contribution < -0.4 is 11.1 Å². The lowest BCUT2D eigenvalue weighted by Crippen LogP contribution is -2.16. The number of nitrogens with one attached hydrogen (secondary N) is 1. The van der Waals surface area contributed by atoms with E-state index in [0.717, 1.165) is 10.4 Å². The predicted octanol–water partition coefficient (Wildman–Crippen LogP) is 3.60. The highest BCUT2D eigenvalue weighted by atomic mass is 35.5. The van der Waals surface area contributed by atoms with Crippen LogP contribution in [0.2, 0.25) is 10.0 Å². The summed E-state index contributed by atoms with van der Waals surface area (Å²) in [5.41, 5.74) is 6.90. The minimum absolute atomic E-state index is 0.0126. The monoisotopic (exact) mass is 347 g/mol. The van der Waals surface area contributed by atoms with E-state index in [-0.39, 0.29) is 11.9 Å². The zero-order valence-corrected chi connectivity index (χ0v) is 13.2. The second-order valence-corrected chi connectivity index (χ2v) is 5.52. The third-order valence-corrected chi connectivity index (χ3v) is 3.52. The topological polar surface area (TPSA) is 85.8 Å². The molecule has 3 rings (SSSR count). The van der Waals surface area contributed by atoms with Crippen molar-refractivity contribution < 1.29 is 4.79 Å². The number of carbonyl (C=O) groups is 1. The molecule has 0 unspecified atom stereocenters. The summed E-state index contributed by atoms with van der Waals surface area (Å²) >= 11 is 11.6. The Labute approximate surface area is 141 Å². The summed E-state index contributed by atoms with van der Waals surface area (Å²) in [6, 6.07) is 13.4. The van der Waals surface area contributed by atoms with Crippen LogP contribution in [0.5, 0.6) is 0 Å². The number of carbonyl (C=O) groups excluding carboxylic acids is 1. The standard InChI is InChI=1S/C15H11Cl2N5O/c16-10-3-1-9(2-4-10)13(23)22-14(18)20-15(21-22)19-12-7-5-11(17)6-8-12/h1-8H,(H3,18,19,20,21). The normalized spacial score (nSPS) is 10.5. The van der Waals surface area contributed by atoms with Crippen LogP contribution in [0.4, 0.5) is 17.6 Å². The van der Waals surface area contributed by atoms with Gasteiger partial charge >= 0.3 is 0 Å². The summed E-state index contributed by atoms with van der Waals surface area (Å²) < 4.78 is 1.03. The number of nitrogens with zero attached hydrogens (tertiary/aromatic N) is 3. The Balaban J connectivity index is 1.84. The summed E-state index contributed by atoms with van der Waals surface area (Å²) in [7, 11) is 0. The lowest BCUT2D eigenvalue weighted by atomic mass is 10.2. The van der Waals surface area contributed by atoms with Gasteiger partial charge in [-0.3, -0.25) is 4.79 Å². The molecule has 3 aromatic rings. The SMILES string of the molecule is Nc1nc(Nc2ccc(Cl)cc2)nn1C(=O)c1ccc(Cl)cc1. The zero-order chi connectivity index (χ0) is 16.4. The first kappa shape index (κ1) is 15.3. The first-order valence-electron chi connectivity index (χ1n) is 6.58. The molecule has 0 atom stereocenters. The molecule has 0 saturated carbocycles. The highest BCUT2D eigenvalue weighted by Crippen LogP contribution is 2.18. The average molecular weight is 348 g/mol. The van der Waals surface area contributed by atoms with Crippen LogP contribution in [0, 0.1) is 0 Å². The fraction of sp³-hybridized carbons (Fsp3) is 0. The summed E-state index contributed by atoms with van der Waals surface area (Å²) in [5, 5.41) is 8.19. The number of nitrogens with two attached hydrogens (primary N) is 1. The van der Waals surface area contributed by atoms with Gasteiger partial charge in [-0.15, -0.1) is 5.10 Å². The van der Waals surface area contributed by atoms with Gasteiger partial charge < -0.3 is 11.1 Å². The smallest absolute Gasteiger partial charge is 0.281 e. The van der Waals surface area contributed by atoms with Gasteiger partial charge in [0.15, 0.2) is 0 Å². The molecule has 1 aromatic heterocycles. The fourth-order valence-electron chi connectivity index (χ4n) is 1.90. The Hall–Kier alpha value is -2.57. The molecule has 0 aliphatic rings. The summed E-state index contributed by atoms with van der Waals surface area (Å²) in [4.78, 5) is 16.4. The number of hydrogen-bond donors (Lipinski definition) is 2. The zero-order valence-electron chi connectivity index (χ0n) is 11.7. The third kappa shape index (κ3) is 3.44. The van der Waals surface area contributed by atoms with Crippen molar-refractivity contribution in [3.63, 3.8) is 0 Å². The summed E-state index contributed by atoms with van der Waals surface area (Å²) in [5.74, 6) is -0.190. The molecule has 116 valence electrons. The van der Waals surface area contributed by atoms with Gasteiger partial charge in [-0.2, -0.15) is 9.67 Å². The van der Waals surface area contributed by atoms with Gasteiger partial charge in [0.2, 0.25) is 11.9 Å². The minimum atomic E-state index is -0.393. The van der Waals surface area contributed by atoms with Crippen molar-refractivity contribution >= 4 is 46.7 Å². The highest BCUT2D eigenvalue weighted by molar-refractivity contribution is 6.30. The first-order valence-corrected chi connectivity index (χ1v) is 7.34. The lowest BCUT2D eigenvalue weighted by molar-refractivity contribution is 0.0948. The molecular formula is C15H11Cl2N5O.